The van der Waals surface area contributed by atoms with Crippen LogP contribution >= 0.6 is 11.3 Å². The van der Waals surface area contributed by atoms with Gasteiger partial charge in [-0.05, 0) is 24.5 Å². The Labute approximate surface area is 139 Å². The lowest BCUT2D eigenvalue weighted by molar-refractivity contribution is 0.100. The first-order valence-corrected chi connectivity index (χ1v) is 8.77. The lowest BCUT2D eigenvalue weighted by Gasteiger charge is -2.21. The number of nitrogens with two attached hydrogens (primary N) is 2. The van der Waals surface area contributed by atoms with Crippen molar-refractivity contribution in [1.29, 1.82) is 0 Å². The van der Waals surface area contributed by atoms with Crippen molar-refractivity contribution >= 4 is 39.0 Å². The van der Waals surface area contributed by atoms with Gasteiger partial charge in [0, 0.05) is 25.1 Å². The number of anilines is 2. The van der Waals surface area contributed by atoms with Crippen LogP contribution in [-0.2, 0) is 11.2 Å². The van der Waals surface area contributed by atoms with E-state index in [0.717, 1.165) is 60.6 Å². The number of pyridine rings is 1. The Morgan fingerprint density at radius 3 is 3.00 bits per heavy atom. The molecule has 7 heteroatoms. The number of nitrogens with zero attached hydrogens (tertiary/aromatic N) is 2. The van der Waals surface area contributed by atoms with Crippen LogP contribution in [0.25, 0.3) is 10.2 Å². The van der Waals surface area contributed by atoms with Crippen LogP contribution in [0.4, 0.5) is 11.5 Å². The Morgan fingerprint density at radius 2 is 2.26 bits per heavy atom. The van der Waals surface area contributed by atoms with Crippen molar-refractivity contribution in [3.63, 3.8) is 0 Å². The molecule has 1 fully saturated rings. The van der Waals surface area contributed by atoms with Gasteiger partial charge in [-0.3, -0.25) is 4.79 Å². The minimum atomic E-state index is -0.488. The summed E-state index contributed by atoms with van der Waals surface area (Å²) in [5, 5.41) is 0.889. The summed E-state index contributed by atoms with van der Waals surface area (Å²) in [4.78, 5) is 19.8. The van der Waals surface area contributed by atoms with Gasteiger partial charge in [0.25, 0.3) is 5.91 Å². The van der Waals surface area contributed by atoms with Crippen LogP contribution in [0.2, 0.25) is 0 Å². The number of carbonyl (C=O) groups excluding carboxylic acids is 1. The molecule has 0 spiro atoms. The maximum absolute atomic E-state index is 11.6. The summed E-state index contributed by atoms with van der Waals surface area (Å²) in [5.74, 6) is 0.446. The van der Waals surface area contributed by atoms with E-state index in [1.165, 1.54) is 11.3 Å². The molecule has 0 saturated carbocycles. The monoisotopic (exact) mass is 334 g/mol. The highest BCUT2D eigenvalue weighted by atomic mass is 32.1. The molecule has 2 aromatic rings. The number of thiophene rings is 1. The highest BCUT2D eigenvalue weighted by Crippen LogP contribution is 2.37. The van der Waals surface area contributed by atoms with Crippen molar-refractivity contribution in [2.75, 3.05) is 36.9 Å². The number of hydrogen-bond acceptors (Lipinski definition) is 6. The number of aromatic nitrogens is 1. The lowest BCUT2D eigenvalue weighted by Crippen LogP contribution is -2.26. The molecular formula is C16H22N4O2S. The SMILES string of the molecule is CCCc1cc(N2CCCOCC2)nc2sc(C(N)=O)c(N)c12. The molecule has 3 rings (SSSR count). The van der Waals surface area contributed by atoms with Gasteiger partial charge >= 0.3 is 0 Å². The molecule has 0 radical (unpaired) electrons. The lowest BCUT2D eigenvalue weighted by atomic mass is 10.1. The number of carbonyl (C=O) groups is 1. The second kappa shape index (κ2) is 6.72. The molecule has 0 bridgehead atoms. The highest BCUT2D eigenvalue weighted by Gasteiger charge is 2.20. The van der Waals surface area contributed by atoms with Crippen LogP contribution in [0.5, 0.6) is 0 Å². The first kappa shape index (κ1) is 16.0. The molecule has 0 atom stereocenters. The van der Waals surface area contributed by atoms with Gasteiger partial charge in [0.2, 0.25) is 0 Å². The third-order valence-electron chi connectivity index (χ3n) is 4.06. The molecule has 2 aromatic heterocycles. The number of nitrogen functional groups attached to an aromatic ring is 1. The molecule has 0 aliphatic carbocycles. The third kappa shape index (κ3) is 3.11. The van der Waals surface area contributed by atoms with Gasteiger partial charge in [0.05, 0.1) is 12.3 Å². The molecule has 124 valence electrons. The number of amides is 1. The van der Waals surface area contributed by atoms with Crippen LogP contribution < -0.4 is 16.4 Å². The zero-order chi connectivity index (χ0) is 16.4. The van der Waals surface area contributed by atoms with Gasteiger partial charge in [-0.25, -0.2) is 4.98 Å². The van der Waals surface area contributed by atoms with E-state index >= 15 is 0 Å². The molecule has 0 unspecified atom stereocenters. The number of fused-ring (bicyclic) bond motifs is 1. The van der Waals surface area contributed by atoms with Crippen LogP contribution in [0, 0.1) is 0 Å². The quantitative estimate of drug-likeness (QED) is 0.893. The van der Waals surface area contributed by atoms with Crippen molar-refractivity contribution < 1.29 is 9.53 Å². The Kier molecular flexibility index (Phi) is 4.68. The second-order valence-electron chi connectivity index (χ2n) is 5.73. The number of primary amides is 1. The van der Waals surface area contributed by atoms with Gasteiger partial charge < -0.3 is 21.1 Å². The van der Waals surface area contributed by atoms with Gasteiger partial charge in [-0.2, -0.15) is 0 Å². The van der Waals surface area contributed by atoms with Crippen molar-refractivity contribution in [2.24, 2.45) is 5.73 Å². The molecule has 1 aliphatic rings. The second-order valence-corrected chi connectivity index (χ2v) is 6.73. The minimum absolute atomic E-state index is 0.404. The summed E-state index contributed by atoms with van der Waals surface area (Å²) in [6.07, 6.45) is 2.89. The van der Waals surface area contributed by atoms with Gasteiger partial charge in [-0.15, -0.1) is 11.3 Å². The molecule has 1 saturated heterocycles. The standard InChI is InChI=1S/C16H22N4O2S/c1-2-4-10-9-11(20-5-3-7-22-8-6-20)19-16-12(10)13(17)14(23-16)15(18)21/h9H,2-8,17H2,1H3,(H2,18,21). The largest absolute Gasteiger partial charge is 0.397 e. The number of aryl methyl sites for hydroxylation is 1. The molecule has 1 amide bonds. The Morgan fingerprint density at radius 1 is 1.43 bits per heavy atom. The highest BCUT2D eigenvalue weighted by molar-refractivity contribution is 7.21. The topological polar surface area (TPSA) is 94.5 Å². The number of ether oxygens (including phenoxy) is 1. The summed E-state index contributed by atoms with van der Waals surface area (Å²) >= 11 is 1.29. The van der Waals surface area contributed by atoms with E-state index in [1.54, 1.807) is 0 Å². The van der Waals surface area contributed by atoms with Crippen molar-refractivity contribution in [1.82, 2.24) is 4.98 Å². The first-order valence-electron chi connectivity index (χ1n) is 7.96. The number of hydrogen-bond donors (Lipinski definition) is 2. The molecule has 1 aliphatic heterocycles. The summed E-state index contributed by atoms with van der Waals surface area (Å²) in [6.45, 7) is 5.38. The minimum Gasteiger partial charge on any atom is -0.397 e. The molecule has 6 nitrogen and oxygen atoms in total. The summed E-state index contributed by atoms with van der Waals surface area (Å²) < 4.78 is 5.52. The Bertz CT molecular complexity index is 720. The molecule has 3 heterocycles. The maximum Gasteiger partial charge on any atom is 0.260 e. The van der Waals surface area contributed by atoms with Gasteiger partial charge in [-0.1, -0.05) is 13.3 Å². The average molecular weight is 334 g/mol. The Balaban J connectivity index is 2.11. The Hall–Kier alpha value is -1.86. The summed E-state index contributed by atoms with van der Waals surface area (Å²) in [7, 11) is 0. The zero-order valence-electron chi connectivity index (χ0n) is 13.3. The summed E-state index contributed by atoms with van der Waals surface area (Å²) in [5.41, 5.74) is 13.2. The van der Waals surface area contributed by atoms with E-state index in [1.807, 2.05) is 0 Å². The van der Waals surface area contributed by atoms with Gasteiger partial charge in [0.1, 0.15) is 15.5 Å². The van der Waals surface area contributed by atoms with Crippen molar-refractivity contribution in [2.45, 2.75) is 26.2 Å². The fraction of sp³-hybridized carbons (Fsp3) is 0.500. The van der Waals surface area contributed by atoms with Crippen LogP contribution in [-0.4, -0.2) is 37.2 Å². The smallest absolute Gasteiger partial charge is 0.260 e. The molecule has 23 heavy (non-hydrogen) atoms. The molecule has 0 aromatic carbocycles. The number of rotatable bonds is 4. The predicted octanol–water partition coefficient (Wildman–Crippen LogP) is 2.16. The fourth-order valence-electron chi connectivity index (χ4n) is 2.97. The average Bonchev–Trinajstić information content (AvgIpc) is 2.72. The predicted molar refractivity (Wildman–Crippen MR) is 94.2 cm³/mol. The van der Waals surface area contributed by atoms with E-state index in [4.69, 9.17) is 21.2 Å². The fourth-order valence-corrected chi connectivity index (χ4v) is 3.96. The summed E-state index contributed by atoms with van der Waals surface area (Å²) in [6, 6.07) is 2.10. The molecule has 4 N–H and O–H groups in total. The van der Waals surface area contributed by atoms with Crippen molar-refractivity contribution in [3.05, 3.63) is 16.5 Å². The van der Waals surface area contributed by atoms with E-state index in [0.29, 0.717) is 17.2 Å². The third-order valence-corrected chi connectivity index (χ3v) is 5.17. The van der Waals surface area contributed by atoms with E-state index < -0.39 is 5.91 Å². The van der Waals surface area contributed by atoms with Gasteiger partial charge in [0.15, 0.2) is 0 Å². The van der Waals surface area contributed by atoms with E-state index in [9.17, 15) is 4.79 Å². The first-order chi connectivity index (χ1) is 11.1. The maximum atomic E-state index is 11.6. The van der Waals surface area contributed by atoms with E-state index in [-0.39, 0.29) is 0 Å². The normalized spacial score (nSPS) is 15.8. The van der Waals surface area contributed by atoms with Crippen LogP contribution in [0.1, 0.15) is 35.0 Å². The van der Waals surface area contributed by atoms with Crippen molar-refractivity contribution in [3.8, 4) is 0 Å². The van der Waals surface area contributed by atoms with E-state index in [2.05, 4.69) is 17.9 Å². The van der Waals surface area contributed by atoms with Crippen LogP contribution in [0.3, 0.4) is 0 Å². The van der Waals surface area contributed by atoms with Crippen LogP contribution in [0.15, 0.2) is 6.07 Å². The zero-order valence-corrected chi connectivity index (χ0v) is 14.1. The molecular weight excluding hydrogens is 312 g/mol.